The minimum atomic E-state index is -0.851. The highest BCUT2D eigenvalue weighted by atomic mass is 19.1. The number of carbonyl (C=O) groups is 1. The van der Waals surface area contributed by atoms with Crippen LogP contribution in [0.2, 0.25) is 0 Å². The van der Waals surface area contributed by atoms with Crippen LogP contribution in [-0.4, -0.2) is 36.9 Å². The first-order chi connectivity index (χ1) is 11.6. The molecule has 24 heavy (non-hydrogen) atoms. The third kappa shape index (κ3) is 3.79. The van der Waals surface area contributed by atoms with E-state index in [1.54, 1.807) is 30.3 Å². The summed E-state index contributed by atoms with van der Waals surface area (Å²) < 4.78 is 33.6. The molecule has 0 N–H and O–H groups in total. The van der Waals surface area contributed by atoms with Gasteiger partial charge in [0.15, 0.2) is 23.2 Å². The summed E-state index contributed by atoms with van der Waals surface area (Å²) >= 11 is 0. The Bertz CT molecular complexity index is 690. The summed E-state index contributed by atoms with van der Waals surface area (Å²) in [7, 11) is 0. The van der Waals surface area contributed by atoms with Crippen molar-refractivity contribution in [2.45, 2.75) is 12.8 Å². The van der Waals surface area contributed by atoms with Crippen LogP contribution in [0.4, 0.5) is 8.78 Å². The molecule has 0 aliphatic carbocycles. The second kappa shape index (κ2) is 7.53. The molecule has 1 aliphatic heterocycles. The number of benzene rings is 2. The molecule has 1 fully saturated rings. The number of ether oxygens (including phenoxy) is 1. The van der Waals surface area contributed by atoms with Gasteiger partial charge in [-0.25, -0.2) is 8.78 Å². The van der Waals surface area contributed by atoms with E-state index in [1.165, 1.54) is 0 Å². The lowest BCUT2D eigenvalue weighted by Crippen LogP contribution is -2.25. The van der Waals surface area contributed by atoms with Gasteiger partial charge in [0.05, 0.1) is 0 Å². The highest BCUT2D eigenvalue weighted by Crippen LogP contribution is 2.25. The fourth-order valence-electron chi connectivity index (χ4n) is 2.87. The number of hydrogen-bond acceptors (Lipinski definition) is 3. The number of carbonyl (C=O) groups excluding carboxylic acids is 1. The van der Waals surface area contributed by atoms with Crippen molar-refractivity contribution in [1.82, 2.24) is 4.90 Å². The maximum Gasteiger partial charge on any atom is 0.193 e. The molecule has 3 nitrogen and oxygen atoms in total. The maximum absolute atomic E-state index is 14.2. The molecule has 0 atom stereocenters. The molecule has 0 bridgehead atoms. The highest BCUT2D eigenvalue weighted by Gasteiger charge is 2.18. The standard InChI is InChI=1S/C19H19F2NO2/c20-16-12-15(18(23)14-6-2-1-3-7-14)13-17(21)19(16)24-11-10-22-8-4-5-9-22/h1-3,6-7,12-13H,4-5,8-11H2. The van der Waals surface area contributed by atoms with Gasteiger partial charge in [-0.05, 0) is 38.1 Å². The number of likely N-dealkylation sites (tertiary alicyclic amines) is 1. The zero-order valence-corrected chi connectivity index (χ0v) is 13.3. The molecular formula is C19H19F2NO2. The van der Waals surface area contributed by atoms with Gasteiger partial charge < -0.3 is 4.74 Å². The Kier molecular flexibility index (Phi) is 5.20. The molecule has 1 saturated heterocycles. The van der Waals surface area contributed by atoms with Crippen LogP contribution < -0.4 is 4.74 Å². The lowest BCUT2D eigenvalue weighted by atomic mass is 10.0. The van der Waals surface area contributed by atoms with Crippen molar-refractivity contribution in [3.8, 4) is 5.75 Å². The Balaban J connectivity index is 1.70. The smallest absolute Gasteiger partial charge is 0.193 e. The van der Waals surface area contributed by atoms with Gasteiger partial charge in [0, 0.05) is 17.7 Å². The molecule has 1 aliphatic rings. The van der Waals surface area contributed by atoms with Crippen LogP contribution in [0.25, 0.3) is 0 Å². The second-order valence-corrected chi connectivity index (χ2v) is 5.86. The SMILES string of the molecule is O=C(c1ccccc1)c1cc(F)c(OCCN2CCCC2)c(F)c1. The number of rotatable bonds is 6. The van der Waals surface area contributed by atoms with Crippen molar-refractivity contribution in [1.29, 1.82) is 0 Å². The van der Waals surface area contributed by atoms with Crippen LogP contribution in [0, 0.1) is 11.6 Å². The minimum absolute atomic E-state index is 0.0249. The average molecular weight is 331 g/mol. The van der Waals surface area contributed by atoms with Gasteiger partial charge >= 0.3 is 0 Å². The van der Waals surface area contributed by atoms with Crippen LogP contribution in [-0.2, 0) is 0 Å². The van der Waals surface area contributed by atoms with E-state index in [1.807, 2.05) is 0 Å². The van der Waals surface area contributed by atoms with Gasteiger partial charge in [0.25, 0.3) is 0 Å². The zero-order chi connectivity index (χ0) is 16.9. The number of halogens is 2. The second-order valence-electron chi connectivity index (χ2n) is 5.86. The van der Waals surface area contributed by atoms with Gasteiger partial charge in [-0.1, -0.05) is 30.3 Å². The number of hydrogen-bond donors (Lipinski definition) is 0. The van der Waals surface area contributed by atoms with Crippen LogP contribution in [0.1, 0.15) is 28.8 Å². The molecular weight excluding hydrogens is 312 g/mol. The Morgan fingerprint density at radius 2 is 1.62 bits per heavy atom. The number of nitrogens with zero attached hydrogens (tertiary/aromatic N) is 1. The lowest BCUT2D eigenvalue weighted by Gasteiger charge is -2.15. The summed E-state index contributed by atoms with van der Waals surface area (Å²) in [5, 5.41) is 0. The molecule has 0 unspecified atom stereocenters. The molecule has 3 rings (SSSR count). The average Bonchev–Trinajstić information content (AvgIpc) is 3.10. The van der Waals surface area contributed by atoms with Gasteiger partial charge in [-0.2, -0.15) is 0 Å². The quantitative estimate of drug-likeness (QED) is 0.757. The van der Waals surface area contributed by atoms with Gasteiger partial charge in [0.1, 0.15) is 6.61 Å². The fourth-order valence-corrected chi connectivity index (χ4v) is 2.87. The first-order valence-corrected chi connectivity index (χ1v) is 8.09. The number of ketones is 1. The van der Waals surface area contributed by atoms with Crippen molar-refractivity contribution in [3.63, 3.8) is 0 Å². The molecule has 0 aromatic heterocycles. The lowest BCUT2D eigenvalue weighted by molar-refractivity contribution is 0.103. The first-order valence-electron chi connectivity index (χ1n) is 8.09. The third-order valence-corrected chi connectivity index (χ3v) is 4.15. The first kappa shape index (κ1) is 16.6. The monoisotopic (exact) mass is 331 g/mol. The third-order valence-electron chi connectivity index (χ3n) is 4.15. The largest absolute Gasteiger partial charge is 0.486 e. The van der Waals surface area contributed by atoms with Crippen LogP contribution in [0.3, 0.4) is 0 Å². The van der Waals surface area contributed by atoms with Crippen molar-refractivity contribution < 1.29 is 18.3 Å². The van der Waals surface area contributed by atoms with E-state index in [0.29, 0.717) is 12.1 Å². The molecule has 5 heteroatoms. The van der Waals surface area contributed by atoms with Crippen LogP contribution >= 0.6 is 0 Å². The van der Waals surface area contributed by atoms with E-state index >= 15 is 0 Å². The van der Waals surface area contributed by atoms with Crippen molar-refractivity contribution in [2.75, 3.05) is 26.2 Å². The molecule has 1 heterocycles. The topological polar surface area (TPSA) is 29.5 Å². The molecule has 0 radical (unpaired) electrons. The van der Waals surface area contributed by atoms with Crippen LogP contribution in [0.15, 0.2) is 42.5 Å². The summed E-state index contributed by atoms with van der Waals surface area (Å²) in [5.74, 6) is -2.54. The van der Waals surface area contributed by atoms with E-state index < -0.39 is 23.2 Å². The molecule has 126 valence electrons. The Labute approximate surface area is 139 Å². The fraction of sp³-hybridized carbons (Fsp3) is 0.316. The van der Waals surface area contributed by atoms with Crippen molar-refractivity contribution in [3.05, 3.63) is 65.2 Å². The predicted octanol–water partition coefficient (Wildman–Crippen LogP) is 3.67. The minimum Gasteiger partial charge on any atom is -0.486 e. The van der Waals surface area contributed by atoms with E-state index in [0.717, 1.165) is 38.1 Å². The van der Waals surface area contributed by atoms with Gasteiger partial charge in [0.2, 0.25) is 0 Å². The summed E-state index contributed by atoms with van der Waals surface area (Å²) in [5.41, 5.74) is 0.363. The van der Waals surface area contributed by atoms with Gasteiger partial charge in [-0.3, -0.25) is 9.69 Å². The normalized spacial score (nSPS) is 14.8. The molecule has 0 amide bonds. The van der Waals surface area contributed by atoms with Crippen molar-refractivity contribution in [2.24, 2.45) is 0 Å². The Hall–Kier alpha value is -2.27. The van der Waals surface area contributed by atoms with E-state index in [2.05, 4.69) is 4.90 Å². The van der Waals surface area contributed by atoms with Gasteiger partial charge in [-0.15, -0.1) is 0 Å². The Morgan fingerprint density at radius 3 is 2.25 bits per heavy atom. The summed E-state index contributed by atoms with van der Waals surface area (Å²) in [4.78, 5) is 14.5. The molecule has 2 aromatic carbocycles. The maximum atomic E-state index is 14.2. The summed E-state index contributed by atoms with van der Waals surface area (Å²) in [6, 6.07) is 10.5. The predicted molar refractivity (Wildman–Crippen MR) is 87.4 cm³/mol. The Morgan fingerprint density at radius 1 is 1.00 bits per heavy atom. The van der Waals surface area contributed by atoms with Crippen LogP contribution in [0.5, 0.6) is 5.75 Å². The molecule has 0 spiro atoms. The molecule has 2 aromatic rings. The van der Waals surface area contributed by atoms with E-state index in [4.69, 9.17) is 4.74 Å². The summed E-state index contributed by atoms with van der Waals surface area (Å²) in [6.45, 7) is 2.86. The highest BCUT2D eigenvalue weighted by molar-refractivity contribution is 6.09. The van der Waals surface area contributed by atoms with E-state index in [-0.39, 0.29) is 12.2 Å². The zero-order valence-electron chi connectivity index (χ0n) is 13.3. The molecule has 0 saturated carbocycles. The van der Waals surface area contributed by atoms with Crippen molar-refractivity contribution >= 4 is 5.78 Å². The van der Waals surface area contributed by atoms with E-state index in [9.17, 15) is 13.6 Å². The summed E-state index contributed by atoms with van der Waals surface area (Å²) in [6.07, 6.45) is 2.30.